The maximum absolute atomic E-state index is 9.20. The van der Waals surface area contributed by atoms with Crippen LogP contribution in [0.15, 0.2) is 15.2 Å². The number of hydrogen-bond donors (Lipinski definition) is 0. The van der Waals surface area contributed by atoms with Crippen LogP contribution in [-0.4, -0.2) is 18.0 Å². The minimum absolute atomic E-state index is 0.218. The maximum Gasteiger partial charge on any atom is 0.0701 e. The van der Waals surface area contributed by atoms with Crippen LogP contribution in [0.3, 0.4) is 0 Å². The van der Waals surface area contributed by atoms with Crippen LogP contribution in [0.1, 0.15) is 31.2 Å². The van der Waals surface area contributed by atoms with Crippen molar-refractivity contribution in [2.75, 3.05) is 7.05 Å². The van der Waals surface area contributed by atoms with Gasteiger partial charge in [-0.2, -0.15) is 5.26 Å². The molecule has 2 rings (SSSR count). The highest BCUT2D eigenvalue weighted by Gasteiger charge is 2.28. The van der Waals surface area contributed by atoms with Crippen molar-refractivity contribution < 1.29 is 0 Å². The third kappa shape index (κ3) is 3.31. The molecule has 0 aliphatic heterocycles. The van der Waals surface area contributed by atoms with Gasteiger partial charge in [-0.15, -0.1) is 11.3 Å². The first-order valence-corrected chi connectivity index (χ1v) is 7.70. The molecule has 1 aliphatic rings. The third-order valence-electron chi connectivity index (χ3n) is 3.52. The van der Waals surface area contributed by atoms with Gasteiger partial charge < -0.3 is 0 Å². The molecule has 2 nitrogen and oxygen atoms in total. The van der Waals surface area contributed by atoms with Crippen molar-refractivity contribution in [3.05, 3.63) is 20.8 Å². The Morgan fingerprint density at radius 1 is 1.53 bits per heavy atom. The smallest absolute Gasteiger partial charge is 0.0701 e. The average Bonchev–Trinajstić information content (AvgIpc) is 2.74. The number of halogens is 1. The Hall–Kier alpha value is -0.370. The molecule has 2 unspecified atom stereocenters. The molecule has 2 atom stereocenters. The van der Waals surface area contributed by atoms with Crippen LogP contribution in [0.25, 0.3) is 0 Å². The molecule has 0 bridgehead atoms. The highest BCUT2D eigenvalue weighted by atomic mass is 79.9. The summed E-state index contributed by atoms with van der Waals surface area (Å²) in [5.41, 5.74) is 1.34. The second kappa shape index (κ2) is 5.99. The molecule has 0 amide bonds. The lowest BCUT2D eigenvalue weighted by molar-refractivity contribution is 0.151. The van der Waals surface area contributed by atoms with Crippen LogP contribution < -0.4 is 0 Å². The molecular weight excluding hydrogens is 296 g/mol. The van der Waals surface area contributed by atoms with Crippen LogP contribution in [-0.2, 0) is 6.54 Å². The highest BCUT2D eigenvalue weighted by Crippen LogP contribution is 2.29. The minimum Gasteiger partial charge on any atom is -0.298 e. The van der Waals surface area contributed by atoms with E-state index in [-0.39, 0.29) is 5.92 Å². The number of thiophene rings is 1. The van der Waals surface area contributed by atoms with E-state index in [1.54, 1.807) is 11.3 Å². The lowest BCUT2D eigenvalue weighted by Crippen LogP contribution is -2.39. The maximum atomic E-state index is 9.20. The van der Waals surface area contributed by atoms with Crippen LogP contribution in [0.5, 0.6) is 0 Å². The van der Waals surface area contributed by atoms with E-state index >= 15 is 0 Å². The second-order valence-electron chi connectivity index (χ2n) is 4.76. The van der Waals surface area contributed by atoms with E-state index in [1.807, 2.05) is 0 Å². The molecule has 92 valence electrons. The monoisotopic (exact) mass is 312 g/mol. The summed E-state index contributed by atoms with van der Waals surface area (Å²) in [7, 11) is 2.14. The lowest BCUT2D eigenvalue weighted by Gasteiger charge is -2.34. The predicted molar refractivity (Wildman–Crippen MR) is 74.8 cm³/mol. The summed E-state index contributed by atoms with van der Waals surface area (Å²) in [5, 5.41) is 11.4. The fourth-order valence-electron chi connectivity index (χ4n) is 2.62. The molecular formula is C13H17BrN2S. The van der Waals surface area contributed by atoms with Crippen molar-refractivity contribution >= 4 is 27.3 Å². The zero-order valence-corrected chi connectivity index (χ0v) is 12.4. The fraction of sp³-hybridized carbons (Fsp3) is 0.615. The number of hydrogen-bond acceptors (Lipinski definition) is 3. The molecule has 0 saturated heterocycles. The van der Waals surface area contributed by atoms with E-state index in [1.165, 1.54) is 28.6 Å². The molecule has 1 aromatic heterocycles. The van der Waals surface area contributed by atoms with Crippen LogP contribution in [0, 0.1) is 17.2 Å². The predicted octanol–water partition coefficient (Wildman–Crippen LogP) is 4.02. The van der Waals surface area contributed by atoms with Crippen LogP contribution in [0.2, 0.25) is 0 Å². The number of nitrogens with zero attached hydrogens (tertiary/aromatic N) is 2. The molecule has 1 saturated carbocycles. The Bertz CT molecular complexity index is 410. The van der Waals surface area contributed by atoms with Gasteiger partial charge >= 0.3 is 0 Å². The van der Waals surface area contributed by atoms with Gasteiger partial charge in [0, 0.05) is 12.6 Å². The summed E-state index contributed by atoms with van der Waals surface area (Å²) in [4.78, 5) is 2.35. The van der Waals surface area contributed by atoms with Gasteiger partial charge in [-0.1, -0.05) is 12.8 Å². The van der Waals surface area contributed by atoms with Crippen molar-refractivity contribution in [2.45, 2.75) is 38.3 Å². The molecule has 1 heterocycles. The quantitative estimate of drug-likeness (QED) is 0.842. The first kappa shape index (κ1) is 13.1. The average molecular weight is 313 g/mol. The Labute approximate surface area is 115 Å². The Morgan fingerprint density at radius 2 is 2.29 bits per heavy atom. The summed E-state index contributed by atoms with van der Waals surface area (Å²) >= 11 is 5.22. The Kier molecular flexibility index (Phi) is 4.61. The molecule has 0 radical (unpaired) electrons. The molecule has 1 aliphatic carbocycles. The topological polar surface area (TPSA) is 27.0 Å². The lowest BCUT2D eigenvalue weighted by atomic mass is 9.84. The van der Waals surface area contributed by atoms with E-state index in [0.717, 1.165) is 13.0 Å². The van der Waals surface area contributed by atoms with Gasteiger partial charge in [-0.3, -0.25) is 4.90 Å². The van der Waals surface area contributed by atoms with Crippen molar-refractivity contribution in [3.63, 3.8) is 0 Å². The van der Waals surface area contributed by atoms with Gasteiger partial charge in [0.15, 0.2) is 0 Å². The van der Waals surface area contributed by atoms with Gasteiger partial charge in [-0.05, 0) is 52.8 Å². The summed E-state index contributed by atoms with van der Waals surface area (Å²) in [6.07, 6.45) is 4.71. The normalized spacial score (nSPS) is 24.8. The molecule has 0 aromatic carbocycles. The van der Waals surface area contributed by atoms with Crippen molar-refractivity contribution in [2.24, 2.45) is 5.92 Å². The van der Waals surface area contributed by atoms with E-state index in [9.17, 15) is 5.26 Å². The highest BCUT2D eigenvalue weighted by molar-refractivity contribution is 9.11. The van der Waals surface area contributed by atoms with E-state index in [0.29, 0.717) is 6.04 Å². The zero-order chi connectivity index (χ0) is 12.3. The van der Waals surface area contributed by atoms with Crippen LogP contribution >= 0.6 is 27.3 Å². The largest absolute Gasteiger partial charge is 0.298 e. The summed E-state index contributed by atoms with van der Waals surface area (Å²) in [6, 6.07) is 5.09. The van der Waals surface area contributed by atoms with E-state index < -0.39 is 0 Å². The number of nitriles is 1. The van der Waals surface area contributed by atoms with Gasteiger partial charge in [-0.25, -0.2) is 0 Å². The molecule has 4 heteroatoms. The molecule has 1 fully saturated rings. The molecule has 0 N–H and O–H groups in total. The van der Waals surface area contributed by atoms with Gasteiger partial charge in [0.2, 0.25) is 0 Å². The Morgan fingerprint density at radius 3 is 2.94 bits per heavy atom. The van der Waals surface area contributed by atoms with Crippen LogP contribution in [0.4, 0.5) is 0 Å². The molecule has 1 aromatic rings. The van der Waals surface area contributed by atoms with Gasteiger partial charge in [0.1, 0.15) is 0 Å². The van der Waals surface area contributed by atoms with Crippen molar-refractivity contribution in [3.8, 4) is 6.07 Å². The summed E-state index contributed by atoms with van der Waals surface area (Å²) < 4.78 is 1.18. The van der Waals surface area contributed by atoms with Crippen molar-refractivity contribution in [1.82, 2.24) is 4.90 Å². The molecule has 0 spiro atoms. The third-order valence-corrected chi connectivity index (χ3v) is 5.07. The number of rotatable bonds is 3. The standard InChI is InChI=1S/C13H17BrN2S/c1-16(8-10-6-13(14)17-9-10)12-5-3-2-4-11(12)7-15/h6,9,11-12H,2-5,8H2,1H3. The fourth-order valence-corrected chi connectivity index (χ4v) is 3.82. The summed E-state index contributed by atoms with van der Waals surface area (Å²) in [5.74, 6) is 0.218. The second-order valence-corrected chi connectivity index (χ2v) is 7.05. The zero-order valence-electron chi connectivity index (χ0n) is 10.0. The summed E-state index contributed by atoms with van der Waals surface area (Å²) in [6.45, 7) is 0.949. The first-order valence-electron chi connectivity index (χ1n) is 6.03. The van der Waals surface area contributed by atoms with Gasteiger partial charge in [0.05, 0.1) is 15.8 Å². The Balaban J connectivity index is 1.98. The van der Waals surface area contributed by atoms with Crippen molar-refractivity contribution in [1.29, 1.82) is 5.26 Å². The van der Waals surface area contributed by atoms with E-state index in [2.05, 4.69) is 45.4 Å². The first-order chi connectivity index (χ1) is 8.20. The van der Waals surface area contributed by atoms with E-state index in [4.69, 9.17) is 0 Å². The molecule has 17 heavy (non-hydrogen) atoms. The SMILES string of the molecule is CN(Cc1csc(Br)c1)C1CCCCC1C#N. The minimum atomic E-state index is 0.218. The van der Waals surface area contributed by atoms with Gasteiger partial charge in [0.25, 0.3) is 0 Å².